The van der Waals surface area contributed by atoms with Gasteiger partial charge in [-0.2, -0.15) is 13.2 Å². The molecule has 0 atom stereocenters. The van der Waals surface area contributed by atoms with Crippen molar-refractivity contribution in [3.8, 4) is 33.4 Å². The molecular weight excluding hydrogens is 632 g/mol. The molecule has 1 heterocycles. The molecule has 1 aromatic heterocycles. The molecule has 0 aliphatic carbocycles. The standard InChI is InChI=1S/C42H21F6N/c43-34-19-29(20-35(44)41(34)45)40-32-7-3-1-5-30(32)39(31-6-2-4-8-33(31)40)28-17-24-11-9-22-15-27(26-13-14-36(49-21-26)42(46,47)48)16-23-10-12-25(18-28)38(24)37(22)23/h1-21H. The van der Waals surface area contributed by atoms with Gasteiger partial charge in [-0.1, -0.05) is 78.9 Å². The highest BCUT2D eigenvalue weighted by atomic mass is 19.4. The van der Waals surface area contributed by atoms with Gasteiger partial charge in [-0.05, 0) is 124 Å². The summed E-state index contributed by atoms with van der Waals surface area (Å²) in [6.45, 7) is 0. The zero-order valence-electron chi connectivity index (χ0n) is 25.3. The molecule has 0 spiro atoms. The van der Waals surface area contributed by atoms with Gasteiger partial charge in [0.05, 0.1) is 0 Å². The molecule has 0 bridgehead atoms. The molecule has 7 heteroatoms. The molecule has 0 unspecified atom stereocenters. The molecular formula is C42H21F6N. The zero-order valence-corrected chi connectivity index (χ0v) is 25.3. The first-order chi connectivity index (χ1) is 23.7. The van der Waals surface area contributed by atoms with Crippen molar-refractivity contribution >= 4 is 53.9 Å². The normalized spacial score (nSPS) is 12.3. The molecule has 9 rings (SSSR count). The molecule has 0 fully saturated rings. The van der Waals surface area contributed by atoms with E-state index >= 15 is 0 Å². The molecule has 8 aromatic carbocycles. The number of fused-ring (bicyclic) bond motifs is 2. The number of nitrogens with zero attached hydrogens (tertiary/aromatic N) is 1. The van der Waals surface area contributed by atoms with Gasteiger partial charge in [0.2, 0.25) is 0 Å². The maximum absolute atomic E-state index is 14.5. The zero-order chi connectivity index (χ0) is 33.6. The van der Waals surface area contributed by atoms with Crippen LogP contribution in [0.4, 0.5) is 26.3 Å². The van der Waals surface area contributed by atoms with Gasteiger partial charge >= 0.3 is 6.18 Å². The van der Waals surface area contributed by atoms with Crippen LogP contribution in [0.15, 0.2) is 128 Å². The van der Waals surface area contributed by atoms with E-state index in [0.29, 0.717) is 11.1 Å². The van der Waals surface area contributed by atoms with Gasteiger partial charge < -0.3 is 0 Å². The van der Waals surface area contributed by atoms with Crippen molar-refractivity contribution in [2.75, 3.05) is 0 Å². The second-order valence-corrected chi connectivity index (χ2v) is 12.3. The highest BCUT2D eigenvalue weighted by Crippen LogP contribution is 2.46. The van der Waals surface area contributed by atoms with Crippen molar-refractivity contribution in [1.82, 2.24) is 4.98 Å². The largest absolute Gasteiger partial charge is 0.433 e. The summed E-state index contributed by atoms with van der Waals surface area (Å²) in [5, 5.41) is 9.36. The van der Waals surface area contributed by atoms with E-state index in [1.807, 2.05) is 84.9 Å². The van der Waals surface area contributed by atoms with Crippen molar-refractivity contribution in [3.63, 3.8) is 0 Å². The van der Waals surface area contributed by atoms with E-state index < -0.39 is 29.3 Å². The number of halogens is 6. The van der Waals surface area contributed by atoms with Gasteiger partial charge in [-0.3, -0.25) is 4.98 Å². The molecule has 0 N–H and O–H groups in total. The third-order valence-corrected chi connectivity index (χ3v) is 9.41. The summed E-state index contributed by atoms with van der Waals surface area (Å²) in [6, 6.07) is 36.3. The number of pyridine rings is 1. The fourth-order valence-electron chi connectivity index (χ4n) is 7.33. The Morgan fingerprint density at radius 3 is 1.22 bits per heavy atom. The van der Waals surface area contributed by atoms with E-state index in [-0.39, 0.29) is 5.56 Å². The SMILES string of the molecule is Fc1cc(-c2c3ccccc3c(-c3cc4ccc5cc(-c6ccc(C(F)(F)F)nc6)cc6ccc(c3)c4c56)c3ccccc23)cc(F)c1F. The van der Waals surface area contributed by atoms with E-state index in [0.717, 1.165) is 88.8 Å². The Labute approximate surface area is 275 Å². The predicted octanol–water partition coefficient (Wildman–Crippen LogP) is 12.7. The van der Waals surface area contributed by atoms with E-state index in [1.54, 1.807) is 0 Å². The average Bonchev–Trinajstić information content (AvgIpc) is 3.11. The van der Waals surface area contributed by atoms with E-state index in [1.165, 1.54) is 12.3 Å². The molecule has 0 saturated carbocycles. The molecule has 0 amide bonds. The van der Waals surface area contributed by atoms with Gasteiger partial charge in [0.15, 0.2) is 17.5 Å². The van der Waals surface area contributed by atoms with Gasteiger partial charge in [0.1, 0.15) is 5.69 Å². The molecule has 49 heavy (non-hydrogen) atoms. The topological polar surface area (TPSA) is 12.9 Å². The molecule has 236 valence electrons. The summed E-state index contributed by atoms with van der Waals surface area (Å²) in [5.74, 6) is -4.00. The third-order valence-electron chi connectivity index (χ3n) is 9.41. The summed E-state index contributed by atoms with van der Waals surface area (Å²) in [4.78, 5) is 3.65. The third kappa shape index (κ3) is 4.53. The lowest BCUT2D eigenvalue weighted by Crippen LogP contribution is -2.07. The Morgan fingerprint density at radius 2 is 0.837 bits per heavy atom. The molecule has 0 saturated heterocycles. The number of benzene rings is 8. The lowest BCUT2D eigenvalue weighted by atomic mass is 9.84. The van der Waals surface area contributed by atoms with Crippen molar-refractivity contribution in [2.45, 2.75) is 6.18 Å². The van der Waals surface area contributed by atoms with Gasteiger partial charge in [0.25, 0.3) is 0 Å². The lowest BCUT2D eigenvalue weighted by molar-refractivity contribution is -0.141. The van der Waals surface area contributed by atoms with Crippen molar-refractivity contribution < 1.29 is 26.3 Å². The number of alkyl halides is 3. The number of rotatable bonds is 3. The van der Waals surface area contributed by atoms with Crippen LogP contribution in [0.3, 0.4) is 0 Å². The van der Waals surface area contributed by atoms with Crippen molar-refractivity contribution in [1.29, 1.82) is 0 Å². The summed E-state index contributed by atoms with van der Waals surface area (Å²) in [7, 11) is 0. The predicted molar refractivity (Wildman–Crippen MR) is 184 cm³/mol. The Balaban J connectivity index is 1.26. The maximum atomic E-state index is 14.5. The Hall–Kier alpha value is -5.95. The quantitative estimate of drug-likeness (QED) is 0.0800. The fraction of sp³-hybridized carbons (Fsp3) is 0.0238. The number of aromatic nitrogens is 1. The summed E-state index contributed by atoms with van der Waals surface area (Å²) in [5.41, 5.74) is 3.21. The van der Waals surface area contributed by atoms with Gasteiger partial charge in [-0.25, -0.2) is 13.2 Å². The molecule has 0 aliphatic rings. The first kappa shape index (κ1) is 29.2. The highest BCUT2D eigenvalue weighted by Gasteiger charge is 2.32. The Morgan fingerprint density at radius 1 is 0.429 bits per heavy atom. The van der Waals surface area contributed by atoms with Crippen LogP contribution >= 0.6 is 0 Å². The Bertz CT molecular complexity index is 2640. The molecule has 1 nitrogen and oxygen atoms in total. The van der Waals surface area contributed by atoms with E-state index in [2.05, 4.69) is 17.1 Å². The van der Waals surface area contributed by atoms with E-state index in [4.69, 9.17) is 0 Å². The van der Waals surface area contributed by atoms with Crippen LogP contribution in [0.2, 0.25) is 0 Å². The summed E-state index contributed by atoms with van der Waals surface area (Å²) >= 11 is 0. The highest BCUT2D eigenvalue weighted by molar-refractivity contribution is 6.26. The molecule has 9 aromatic rings. The minimum Gasteiger partial charge on any atom is -0.251 e. The second-order valence-electron chi connectivity index (χ2n) is 12.3. The second kappa shape index (κ2) is 10.5. The summed E-state index contributed by atoms with van der Waals surface area (Å²) < 4.78 is 82.4. The average molecular weight is 654 g/mol. The first-order valence-corrected chi connectivity index (χ1v) is 15.5. The van der Waals surface area contributed by atoms with Crippen LogP contribution in [0.1, 0.15) is 5.69 Å². The first-order valence-electron chi connectivity index (χ1n) is 15.5. The number of hydrogen-bond acceptors (Lipinski definition) is 1. The van der Waals surface area contributed by atoms with Crippen LogP contribution in [0, 0.1) is 17.5 Å². The van der Waals surface area contributed by atoms with Crippen molar-refractivity contribution in [2.24, 2.45) is 0 Å². The van der Waals surface area contributed by atoms with Crippen LogP contribution in [-0.4, -0.2) is 4.98 Å². The smallest absolute Gasteiger partial charge is 0.251 e. The minimum absolute atomic E-state index is 0.248. The number of hydrogen-bond donors (Lipinski definition) is 0. The monoisotopic (exact) mass is 653 g/mol. The minimum atomic E-state index is -4.51. The summed E-state index contributed by atoms with van der Waals surface area (Å²) in [6.07, 6.45) is -3.25. The van der Waals surface area contributed by atoms with Crippen LogP contribution in [0.5, 0.6) is 0 Å². The molecule has 0 radical (unpaired) electrons. The van der Waals surface area contributed by atoms with E-state index in [9.17, 15) is 26.3 Å². The van der Waals surface area contributed by atoms with Crippen LogP contribution < -0.4 is 0 Å². The lowest BCUT2D eigenvalue weighted by Gasteiger charge is -2.19. The van der Waals surface area contributed by atoms with Gasteiger partial charge in [0, 0.05) is 11.8 Å². The van der Waals surface area contributed by atoms with Gasteiger partial charge in [-0.15, -0.1) is 0 Å². The van der Waals surface area contributed by atoms with Crippen LogP contribution in [0.25, 0.3) is 87.2 Å². The van der Waals surface area contributed by atoms with Crippen LogP contribution in [-0.2, 0) is 6.18 Å². The fourth-order valence-corrected chi connectivity index (χ4v) is 7.33. The maximum Gasteiger partial charge on any atom is 0.433 e. The Kier molecular flexibility index (Phi) is 6.27. The molecule has 0 aliphatic heterocycles. The van der Waals surface area contributed by atoms with Crippen molar-refractivity contribution in [3.05, 3.63) is 151 Å².